The quantitative estimate of drug-likeness (QED) is 0.608. The van der Waals surface area contributed by atoms with Crippen LogP contribution in [0.3, 0.4) is 0 Å². The highest BCUT2D eigenvalue weighted by Crippen LogP contribution is 2.37. The van der Waals surface area contributed by atoms with Crippen molar-refractivity contribution in [3.63, 3.8) is 0 Å². The standard InChI is InChI=1S/C18H20ClN5O2S/c1-10-21-18-24(22-10)17(26)15(27-18)14(12-4-2-3-5-13(12)19)23-8-6-11(7-9-23)16(20)25/h2-5,11,14,26H,6-9H2,1H3,(H2,20,25)/p+1/t14-/m1/s1. The van der Waals surface area contributed by atoms with E-state index >= 15 is 0 Å². The molecule has 0 spiro atoms. The molecule has 0 bridgehead atoms. The number of nitrogens with two attached hydrogens (primary N) is 1. The van der Waals surface area contributed by atoms with Crippen LogP contribution in [-0.4, -0.2) is 38.7 Å². The zero-order valence-electron chi connectivity index (χ0n) is 14.9. The van der Waals surface area contributed by atoms with Gasteiger partial charge in [0.05, 0.1) is 18.1 Å². The van der Waals surface area contributed by atoms with Crippen LogP contribution in [0.5, 0.6) is 5.88 Å². The molecule has 1 amide bonds. The molecular formula is C18H21ClN5O2S+. The van der Waals surface area contributed by atoms with Crippen molar-refractivity contribution in [1.82, 2.24) is 14.6 Å². The molecule has 2 aromatic heterocycles. The van der Waals surface area contributed by atoms with Gasteiger partial charge in [-0.3, -0.25) is 4.79 Å². The smallest absolute Gasteiger partial charge is 0.235 e. The Morgan fingerprint density at radius 2 is 2.11 bits per heavy atom. The van der Waals surface area contributed by atoms with E-state index in [1.807, 2.05) is 24.3 Å². The maximum Gasteiger partial charge on any atom is 0.235 e. The number of halogens is 1. The number of carbonyl (C=O) groups excluding carboxylic acids is 1. The number of likely N-dealkylation sites (tertiary alicyclic amines) is 1. The minimum absolute atomic E-state index is 0.0841. The molecule has 1 aliphatic heterocycles. The molecule has 3 heterocycles. The van der Waals surface area contributed by atoms with Crippen LogP contribution in [0.4, 0.5) is 0 Å². The lowest BCUT2D eigenvalue weighted by Gasteiger charge is -2.33. The highest BCUT2D eigenvalue weighted by molar-refractivity contribution is 7.17. The number of nitrogens with zero attached hydrogens (tertiary/aromatic N) is 3. The fraction of sp³-hybridized carbons (Fsp3) is 0.389. The fourth-order valence-electron chi connectivity index (χ4n) is 3.85. The second kappa shape index (κ2) is 7.10. The molecule has 1 aromatic carbocycles. The molecule has 0 unspecified atom stereocenters. The third-order valence-corrected chi connectivity index (χ3v) is 6.65. The lowest BCUT2D eigenvalue weighted by atomic mass is 9.93. The van der Waals surface area contributed by atoms with E-state index in [-0.39, 0.29) is 23.7 Å². The molecule has 0 aliphatic carbocycles. The van der Waals surface area contributed by atoms with Gasteiger partial charge in [0.25, 0.3) is 0 Å². The van der Waals surface area contributed by atoms with E-state index in [4.69, 9.17) is 17.3 Å². The molecule has 0 radical (unpaired) electrons. The van der Waals surface area contributed by atoms with Gasteiger partial charge in [-0.1, -0.05) is 41.1 Å². The highest BCUT2D eigenvalue weighted by atomic mass is 35.5. The summed E-state index contributed by atoms with van der Waals surface area (Å²) in [5, 5.41) is 15.8. The Labute approximate surface area is 165 Å². The van der Waals surface area contributed by atoms with Crippen LogP contribution in [-0.2, 0) is 4.79 Å². The Morgan fingerprint density at radius 3 is 2.74 bits per heavy atom. The number of aromatic nitrogens is 3. The van der Waals surface area contributed by atoms with Gasteiger partial charge in [0.1, 0.15) is 10.7 Å². The molecule has 4 N–H and O–H groups in total. The molecule has 9 heteroatoms. The van der Waals surface area contributed by atoms with Crippen LogP contribution < -0.4 is 10.6 Å². The van der Waals surface area contributed by atoms with Gasteiger partial charge in [0.15, 0.2) is 6.04 Å². The number of piperidine rings is 1. The highest BCUT2D eigenvalue weighted by Gasteiger charge is 2.37. The first-order valence-electron chi connectivity index (χ1n) is 8.89. The summed E-state index contributed by atoms with van der Waals surface area (Å²) in [6, 6.07) is 7.53. The topological polar surface area (TPSA) is 98.0 Å². The number of quaternary nitrogens is 1. The molecule has 4 rings (SSSR count). The number of fused-ring (bicyclic) bond motifs is 1. The first-order chi connectivity index (χ1) is 13.0. The van der Waals surface area contributed by atoms with E-state index in [1.165, 1.54) is 20.8 Å². The van der Waals surface area contributed by atoms with Crippen LogP contribution in [0.25, 0.3) is 4.96 Å². The zero-order chi connectivity index (χ0) is 19.1. The number of nitrogens with one attached hydrogen (secondary N) is 1. The number of amides is 1. The van der Waals surface area contributed by atoms with E-state index in [1.54, 1.807) is 6.92 Å². The molecule has 1 fully saturated rings. The maximum absolute atomic E-state index is 11.5. The first-order valence-corrected chi connectivity index (χ1v) is 10.1. The monoisotopic (exact) mass is 406 g/mol. The largest absolute Gasteiger partial charge is 0.492 e. The third kappa shape index (κ3) is 3.28. The summed E-state index contributed by atoms with van der Waals surface area (Å²) in [5.41, 5.74) is 6.43. The van der Waals surface area contributed by atoms with Crippen LogP contribution in [0.2, 0.25) is 5.02 Å². The van der Waals surface area contributed by atoms with E-state index in [0.29, 0.717) is 15.8 Å². The van der Waals surface area contributed by atoms with Crippen molar-refractivity contribution in [2.45, 2.75) is 25.8 Å². The predicted octanol–water partition coefficient (Wildman–Crippen LogP) is 1.33. The van der Waals surface area contributed by atoms with Crippen LogP contribution >= 0.6 is 22.9 Å². The Bertz CT molecular complexity index is 993. The number of primary amides is 1. The van der Waals surface area contributed by atoms with Crippen molar-refractivity contribution in [3.8, 4) is 5.88 Å². The van der Waals surface area contributed by atoms with Gasteiger partial charge in [0.2, 0.25) is 16.7 Å². The number of aromatic hydroxyl groups is 1. The summed E-state index contributed by atoms with van der Waals surface area (Å²) in [6.07, 6.45) is 1.46. The number of benzene rings is 1. The van der Waals surface area contributed by atoms with Crippen molar-refractivity contribution in [2.24, 2.45) is 11.7 Å². The summed E-state index contributed by atoms with van der Waals surface area (Å²) >= 11 is 7.94. The summed E-state index contributed by atoms with van der Waals surface area (Å²) < 4.78 is 1.48. The normalized spacial score (nSPS) is 21.4. The molecule has 3 aromatic rings. The molecule has 1 aliphatic rings. The van der Waals surface area contributed by atoms with Crippen molar-refractivity contribution in [2.75, 3.05) is 13.1 Å². The number of aryl methyl sites for hydroxylation is 1. The second-order valence-electron chi connectivity index (χ2n) is 6.93. The predicted molar refractivity (Wildman–Crippen MR) is 103 cm³/mol. The summed E-state index contributed by atoms with van der Waals surface area (Å²) in [6.45, 7) is 3.34. The van der Waals surface area contributed by atoms with Gasteiger partial charge in [-0.15, -0.1) is 5.10 Å². The molecular weight excluding hydrogens is 386 g/mol. The number of carbonyl (C=O) groups is 1. The number of hydrogen-bond donors (Lipinski definition) is 3. The zero-order valence-corrected chi connectivity index (χ0v) is 16.4. The number of thiazole rings is 1. The van der Waals surface area contributed by atoms with E-state index in [9.17, 15) is 9.90 Å². The van der Waals surface area contributed by atoms with Gasteiger partial charge >= 0.3 is 0 Å². The van der Waals surface area contributed by atoms with Crippen LogP contribution in [0.15, 0.2) is 24.3 Å². The molecule has 7 nitrogen and oxygen atoms in total. The SMILES string of the molecule is Cc1nc2sc([C@@H](c3ccccc3Cl)[NH+]3CCC(C(N)=O)CC3)c(O)n2n1. The fourth-order valence-corrected chi connectivity index (χ4v) is 5.28. The van der Waals surface area contributed by atoms with Gasteiger partial charge < -0.3 is 15.7 Å². The Hall–Kier alpha value is -2.16. The summed E-state index contributed by atoms with van der Waals surface area (Å²) in [7, 11) is 0. The molecule has 0 saturated carbocycles. The molecule has 142 valence electrons. The minimum atomic E-state index is -0.236. The Kier molecular flexibility index (Phi) is 4.79. The average Bonchev–Trinajstić information content (AvgIpc) is 3.15. The maximum atomic E-state index is 11.5. The lowest BCUT2D eigenvalue weighted by molar-refractivity contribution is -0.930. The first kappa shape index (κ1) is 18.2. The Morgan fingerprint density at radius 1 is 1.41 bits per heavy atom. The lowest BCUT2D eigenvalue weighted by Crippen LogP contribution is -3.13. The van der Waals surface area contributed by atoms with Crippen LogP contribution in [0.1, 0.15) is 35.1 Å². The minimum Gasteiger partial charge on any atom is -0.492 e. The van der Waals surface area contributed by atoms with E-state index < -0.39 is 0 Å². The van der Waals surface area contributed by atoms with Crippen molar-refractivity contribution in [1.29, 1.82) is 0 Å². The Balaban J connectivity index is 1.77. The summed E-state index contributed by atoms with van der Waals surface area (Å²) in [4.78, 5) is 18.6. The van der Waals surface area contributed by atoms with E-state index in [2.05, 4.69) is 10.1 Å². The van der Waals surface area contributed by atoms with Crippen molar-refractivity contribution in [3.05, 3.63) is 45.6 Å². The van der Waals surface area contributed by atoms with Crippen molar-refractivity contribution >= 4 is 33.8 Å². The second-order valence-corrected chi connectivity index (χ2v) is 8.35. The van der Waals surface area contributed by atoms with Crippen LogP contribution in [0, 0.1) is 12.8 Å². The van der Waals surface area contributed by atoms with Gasteiger partial charge in [-0.05, 0) is 13.0 Å². The third-order valence-electron chi connectivity index (χ3n) is 5.22. The molecule has 1 atom stereocenters. The number of hydrogen-bond acceptors (Lipinski definition) is 5. The molecule has 27 heavy (non-hydrogen) atoms. The van der Waals surface area contributed by atoms with Gasteiger partial charge in [-0.2, -0.15) is 4.52 Å². The summed E-state index contributed by atoms with van der Waals surface area (Å²) in [5.74, 6) is 0.400. The van der Waals surface area contributed by atoms with Gasteiger partial charge in [0, 0.05) is 24.3 Å². The van der Waals surface area contributed by atoms with Crippen molar-refractivity contribution < 1.29 is 14.8 Å². The molecule has 1 saturated heterocycles. The van der Waals surface area contributed by atoms with Gasteiger partial charge in [-0.25, -0.2) is 4.98 Å². The average molecular weight is 407 g/mol. The number of rotatable bonds is 4. The van der Waals surface area contributed by atoms with E-state index in [0.717, 1.165) is 36.4 Å².